The Kier molecular flexibility index (Phi) is 5.29. The van der Waals surface area contributed by atoms with E-state index in [2.05, 4.69) is 41.1 Å². The number of methoxy groups -OCH3 is 1. The number of nitrogens with two attached hydrogens (primary N) is 1. The van der Waals surface area contributed by atoms with Gasteiger partial charge in [-0.25, -0.2) is 0 Å². The zero-order valence-electron chi connectivity index (χ0n) is 9.29. The molecule has 1 aromatic carbocycles. The van der Waals surface area contributed by atoms with E-state index >= 15 is 0 Å². The lowest BCUT2D eigenvalue weighted by Crippen LogP contribution is -2.11. The Morgan fingerprint density at radius 1 is 1.47 bits per heavy atom. The molecule has 0 aliphatic rings. The van der Waals surface area contributed by atoms with E-state index in [-0.39, 0.29) is 6.04 Å². The average molecular weight is 272 g/mol. The number of aryl methyl sites for hydroxylation is 1. The summed E-state index contributed by atoms with van der Waals surface area (Å²) in [5, 5.41) is 0. The molecule has 1 unspecified atom stereocenters. The van der Waals surface area contributed by atoms with Crippen LogP contribution < -0.4 is 5.73 Å². The highest BCUT2D eigenvalue weighted by molar-refractivity contribution is 9.10. The third-order valence-corrected chi connectivity index (χ3v) is 3.11. The first-order chi connectivity index (χ1) is 7.15. The summed E-state index contributed by atoms with van der Waals surface area (Å²) >= 11 is 3.55. The number of hydrogen-bond donors (Lipinski definition) is 1. The van der Waals surface area contributed by atoms with E-state index in [1.807, 2.05) is 0 Å². The van der Waals surface area contributed by atoms with E-state index in [4.69, 9.17) is 10.5 Å². The minimum absolute atomic E-state index is 0.0927. The molecule has 0 fully saturated rings. The molecule has 0 saturated carbocycles. The van der Waals surface area contributed by atoms with Gasteiger partial charge in [-0.05, 0) is 37.0 Å². The Bertz CT molecular complexity index is 314. The van der Waals surface area contributed by atoms with Gasteiger partial charge in [0, 0.05) is 24.2 Å². The van der Waals surface area contributed by atoms with Gasteiger partial charge in [0.15, 0.2) is 0 Å². The van der Waals surface area contributed by atoms with Crippen molar-refractivity contribution in [1.29, 1.82) is 0 Å². The highest BCUT2D eigenvalue weighted by Gasteiger charge is 2.09. The Hall–Kier alpha value is -0.380. The Balaban J connectivity index is 2.61. The Morgan fingerprint density at radius 2 is 2.20 bits per heavy atom. The molecule has 0 aliphatic heterocycles. The SMILES string of the molecule is COCCCC(N)c1ccc(C)cc1Br. The zero-order chi connectivity index (χ0) is 11.3. The minimum Gasteiger partial charge on any atom is -0.385 e. The number of halogens is 1. The van der Waals surface area contributed by atoms with E-state index in [9.17, 15) is 0 Å². The van der Waals surface area contributed by atoms with E-state index in [1.165, 1.54) is 11.1 Å². The van der Waals surface area contributed by atoms with Crippen LogP contribution in [0.25, 0.3) is 0 Å². The molecule has 0 saturated heterocycles. The maximum atomic E-state index is 6.10. The first-order valence-electron chi connectivity index (χ1n) is 5.15. The molecule has 3 heteroatoms. The Labute approximate surface area is 99.9 Å². The van der Waals surface area contributed by atoms with Crippen molar-refractivity contribution >= 4 is 15.9 Å². The molecule has 1 aromatic rings. The maximum absolute atomic E-state index is 6.10. The second-order valence-corrected chi connectivity index (χ2v) is 4.62. The van der Waals surface area contributed by atoms with E-state index in [0.29, 0.717) is 0 Å². The number of rotatable bonds is 5. The number of ether oxygens (including phenoxy) is 1. The predicted octanol–water partition coefficient (Wildman–Crippen LogP) is 3.18. The van der Waals surface area contributed by atoms with E-state index in [0.717, 1.165) is 23.9 Å². The largest absolute Gasteiger partial charge is 0.385 e. The first-order valence-corrected chi connectivity index (χ1v) is 5.95. The van der Waals surface area contributed by atoms with Crippen molar-refractivity contribution in [2.45, 2.75) is 25.8 Å². The van der Waals surface area contributed by atoms with Gasteiger partial charge in [-0.2, -0.15) is 0 Å². The minimum atomic E-state index is 0.0927. The van der Waals surface area contributed by atoms with Crippen LogP contribution in [0.5, 0.6) is 0 Å². The van der Waals surface area contributed by atoms with E-state index < -0.39 is 0 Å². The third kappa shape index (κ3) is 3.93. The van der Waals surface area contributed by atoms with Gasteiger partial charge in [-0.3, -0.25) is 0 Å². The summed E-state index contributed by atoms with van der Waals surface area (Å²) in [6.45, 7) is 2.85. The van der Waals surface area contributed by atoms with Crippen molar-refractivity contribution in [3.63, 3.8) is 0 Å². The van der Waals surface area contributed by atoms with Gasteiger partial charge in [-0.15, -0.1) is 0 Å². The molecule has 0 amide bonds. The first kappa shape index (κ1) is 12.7. The third-order valence-electron chi connectivity index (χ3n) is 2.42. The summed E-state index contributed by atoms with van der Waals surface area (Å²) < 4.78 is 6.11. The zero-order valence-corrected chi connectivity index (χ0v) is 10.9. The summed E-state index contributed by atoms with van der Waals surface area (Å²) in [6.07, 6.45) is 1.95. The molecule has 0 bridgehead atoms. The van der Waals surface area contributed by atoms with Crippen LogP contribution in [0, 0.1) is 6.92 Å². The molecular weight excluding hydrogens is 254 g/mol. The maximum Gasteiger partial charge on any atom is 0.0462 e. The van der Waals surface area contributed by atoms with Gasteiger partial charge in [0.25, 0.3) is 0 Å². The quantitative estimate of drug-likeness (QED) is 0.835. The molecule has 0 radical (unpaired) electrons. The van der Waals surface area contributed by atoms with Gasteiger partial charge >= 0.3 is 0 Å². The molecule has 0 heterocycles. The van der Waals surface area contributed by atoms with Gasteiger partial charge in [0.1, 0.15) is 0 Å². The molecule has 1 rings (SSSR count). The molecule has 15 heavy (non-hydrogen) atoms. The average Bonchev–Trinajstić information content (AvgIpc) is 2.17. The second kappa shape index (κ2) is 6.26. The van der Waals surface area contributed by atoms with Crippen molar-refractivity contribution in [1.82, 2.24) is 0 Å². The van der Waals surface area contributed by atoms with Gasteiger partial charge in [0.2, 0.25) is 0 Å². The van der Waals surface area contributed by atoms with Crippen molar-refractivity contribution < 1.29 is 4.74 Å². The summed E-state index contributed by atoms with van der Waals surface area (Å²) in [6, 6.07) is 6.38. The molecule has 84 valence electrons. The van der Waals surface area contributed by atoms with E-state index in [1.54, 1.807) is 7.11 Å². The van der Waals surface area contributed by atoms with Gasteiger partial charge < -0.3 is 10.5 Å². The van der Waals surface area contributed by atoms with Crippen LogP contribution in [0.2, 0.25) is 0 Å². The highest BCUT2D eigenvalue weighted by Crippen LogP contribution is 2.25. The van der Waals surface area contributed by atoms with Gasteiger partial charge in [0.05, 0.1) is 0 Å². The van der Waals surface area contributed by atoms with Crippen molar-refractivity contribution in [3.8, 4) is 0 Å². The molecule has 0 aliphatic carbocycles. The van der Waals surface area contributed by atoms with Crippen LogP contribution in [-0.4, -0.2) is 13.7 Å². The number of hydrogen-bond acceptors (Lipinski definition) is 2. The van der Waals surface area contributed by atoms with Crippen molar-refractivity contribution in [2.75, 3.05) is 13.7 Å². The Morgan fingerprint density at radius 3 is 2.80 bits per heavy atom. The van der Waals surface area contributed by atoms with Gasteiger partial charge in [-0.1, -0.05) is 28.1 Å². The molecule has 2 N–H and O–H groups in total. The topological polar surface area (TPSA) is 35.2 Å². The van der Waals surface area contributed by atoms with Crippen LogP contribution >= 0.6 is 15.9 Å². The van der Waals surface area contributed by atoms with Crippen LogP contribution in [0.1, 0.15) is 30.0 Å². The summed E-state index contributed by atoms with van der Waals surface area (Å²) in [5.74, 6) is 0. The predicted molar refractivity (Wildman–Crippen MR) is 66.9 cm³/mol. The smallest absolute Gasteiger partial charge is 0.0462 e. The van der Waals surface area contributed by atoms with Crippen LogP contribution in [0.4, 0.5) is 0 Å². The fourth-order valence-corrected chi connectivity index (χ4v) is 2.32. The second-order valence-electron chi connectivity index (χ2n) is 3.77. The summed E-state index contributed by atoms with van der Waals surface area (Å²) in [5.41, 5.74) is 8.52. The van der Waals surface area contributed by atoms with Crippen LogP contribution in [-0.2, 0) is 4.74 Å². The van der Waals surface area contributed by atoms with Crippen LogP contribution in [0.3, 0.4) is 0 Å². The van der Waals surface area contributed by atoms with Crippen molar-refractivity contribution in [3.05, 3.63) is 33.8 Å². The lowest BCUT2D eigenvalue weighted by atomic mass is 10.0. The lowest BCUT2D eigenvalue weighted by Gasteiger charge is -2.14. The summed E-state index contributed by atoms with van der Waals surface area (Å²) in [4.78, 5) is 0. The van der Waals surface area contributed by atoms with Crippen LogP contribution in [0.15, 0.2) is 22.7 Å². The summed E-state index contributed by atoms with van der Waals surface area (Å²) in [7, 11) is 1.72. The fraction of sp³-hybridized carbons (Fsp3) is 0.500. The monoisotopic (exact) mass is 271 g/mol. The highest BCUT2D eigenvalue weighted by atomic mass is 79.9. The van der Waals surface area contributed by atoms with Crippen molar-refractivity contribution in [2.24, 2.45) is 5.73 Å². The molecule has 0 aromatic heterocycles. The normalized spacial score (nSPS) is 12.8. The molecule has 1 atom stereocenters. The lowest BCUT2D eigenvalue weighted by molar-refractivity contribution is 0.190. The standard InChI is InChI=1S/C12H18BrNO/c1-9-5-6-10(11(13)8-9)12(14)4-3-7-15-2/h5-6,8,12H,3-4,7,14H2,1-2H3. The molecule has 0 spiro atoms. The molecule has 2 nitrogen and oxygen atoms in total. The fourth-order valence-electron chi connectivity index (χ4n) is 1.54. The number of benzene rings is 1. The molecular formula is C12H18BrNO.